The van der Waals surface area contributed by atoms with Crippen LogP contribution in [0.5, 0.6) is 0 Å². The smallest absolute Gasteiger partial charge is 0.275 e. The highest BCUT2D eigenvalue weighted by Crippen LogP contribution is 2.21. The lowest BCUT2D eigenvalue weighted by atomic mass is 10.2. The van der Waals surface area contributed by atoms with E-state index < -0.39 is 0 Å². The molecule has 0 unspecified atom stereocenters. The van der Waals surface area contributed by atoms with E-state index in [1.54, 1.807) is 10.3 Å². The van der Waals surface area contributed by atoms with Crippen LogP contribution in [0.2, 0.25) is 0 Å². The molecule has 0 aromatic carbocycles. The van der Waals surface area contributed by atoms with E-state index >= 15 is 0 Å². The van der Waals surface area contributed by atoms with Crippen LogP contribution in [0.15, 0.2) is 21.0 Å². The van der Waals surface area contributed by atoms with Crippen LogP contribution in [0.4, 0.5) is 0 Å². The number of carbonyl (C=O) groups is 1. The molecular formula is C9H8BrClN2OS. The predicted octanol–water partition coefficient (Wildman–Crippen LogP) is 2.87. The lowest BCUT2D eigenvalue weighted by Gasteiger charge is -2.24. The number of nitrogens with zero attached hydrogens (tertiary/aromatic N) is 2. The second-order valence-corrected chi connectivity index (χ2v) is 5.15. The highest BCUT2D eigenvalue weighted by atomic mass is 79.9. The average molecular weight is 308 g/mol. The number of hydrogen-bond acceptors (Lipinski definition) is 3. The predicted molar refractivity (Wildman–Crippen MR) is 64.3 cm³/mol. The Bertz CT molecular complexity index is 418. The van der Waals surface area contributed by atoms with Crippen LogP contribution in [-0.2, 0) is 0 Å². The number of carbonyl (C=O) groups excluding carboxylic acids is 1. The maximum absolute atomic E-state index is 12.0. The Morgan fingerprint density at radius 2 is 2.47 bits per heavy atom. The lowest BCUT2D eigenvalue weighted by molar-refractivity contribution is 0.0763. The summed E-state index contributed by atoms with van der Waals surface area (Å²) in [6.07, 6.45) is 2.76. The van der Waals surface area contributed by atoms with Gasteiger partial charge in [-0.3, -0.25) is 4.79 Å². The summed E-state index contributed by atoms with van der Waals surface area (Å²) in [5.41, 5.74) is 0.478. The zero-order chi connectivity index (χ0) is 10.8. The summed E-state index contributed by atoms with van der Waals surface area (Å²) >= 11 is 10.5. The van der Waals surface area contributed by atoms with Gasteiger partial charge >= 0.3 is 0 Å². The van der Waals surface area contributed by atoms with Crippen LogP contribution in [0, 0.1) is 0 Å². The molecule has 0 bridgehead atoms. The van der Waals surface area contributed by atoms with Crippen molar-refractivity contribution in [3.8, 4) is 0 Å². The van der Waals surface area contributed by atoms with Crippen LogP contribution >= 0.6 is 39.1 Å². The monoisotopic (exact) mass is 306 g/mol. The molecule has 15 heavy (non-hydrogen) atoms. The molecule has 0 N–H and O–H groups in total. The van der Waals surface area contributed by atoms with Gasteiger partial charge in [-0.1, -0.05) is 17.7 Å². The van der Waals surface area contributed by atoms with Crippen molar-refractivity contribution in [2.24, 2.45) is 0 Å². The molecule has 0 saturated heterocycles. The number of rotatable bonds is 1. The van der Waals surface area contributed by atoms with E-state index in [0.29, 0.717) is 18.8 Å². The summed E-state index contributed by atoms with van der Waals surface area (Å²) in [4.78, 5) is 13.7. The summed E-state index contributed by atoms with van der Waals surface area (Å²) < 4.78 is 4.81. The molecule has 1 aliphatic rings. The molecule has 0 aliphatic carbocycles. The van der Waals surface area contributed by atoms with Gasteiger partial charge in [-0.25, -0.2) is 0 Å². The van der Waals surface area contributed by atoms with Crippen LogP contribution in [-0.4, -0.2) is 28.3 Å². The van der Waals surface area contributed by atoms with E-state index in [2.05, 4.69) is 20.3 Å². The first kappa shape index (κ1) is 11.1. The molecule has 1 amide bonds. The molecule has 1 aliphatic heterocycles. The standard InChI is InChI=1S/C9H8BrClN2OS/c10-7-5-15-12-8(7)9(14)13-3-1-2-6(11)4-13/h2,5H,1,3-4H2. The van der Waals surface area contributed by atoms with Crippen LogP contribution < -0.4 is 0 Å². The van der Waals surface area contributed by atoms with Gasteiger partial charge in [0.15, 0.2) is 5.69 Å². The number of amides is 1. The van der Waals surface area contributed by atoms with Gasteiger partial charge in [0.2, 0.25) is 0 Å². The highest BCUT2D eigenvalue weighted by Gasteiger charge is 2.22. The van der Waals surface area contributed by atoms with Gasteiger partial charge in [0.1, 0.15) is 0 Å². The van der Waals surface area contributed by atoms with Gasteiger partial charge in [0, 0.05) is 17.0 Å². The summed E-state index contributed by atoms with van der Waals surface area (Å²) in [6, 6.07) is 0. The molecule has 2 heterocycles. The lowest BCUT2D eigenvalue weighted by Crippen LogP contribution is -2.35. The van der Waals surface area contributed by atoms with Crippen molar-refractivity contribution < 1.29 is 4.79 Å². The molecule has 0 spiro atoms. The maximum Gasteiger partial charge on any atom is 0.275 e. The Hall–Kier alpha value is -0.390. The van der Waals surface area contributed by atoms with Crippen LogP contribution in [0.25, 0.3) is 0 Å². The third-order valence-electron chi connectivity index (χ3n) is 2.12. The third-order valence-corrected chi connectivity index (χ3v) is 3.93. The molecular weight excluding hydrogens is 300 g/mol. The minimum atomic E-state index is -0.0608. The second-order valence-electron chi connectivity index (χ2n) is 3.18. The number of hydrogen-bond donors (Lipinski definition) is 0. The minimum absolute atomic E-state index is 0.0608. The summed E-state index contributed by atoms with van der Waals surface area (Å²) in [5, 5.41) is 2.52. The third kappa shape index (κ3) is 2.41. The van der Waals surface area contributed by atoms with E-state index in [9.17, 15) is 4.79 Å². The summed E-state index contributed by atoms with van der Waals surface area (Å²) in [7, 11) is 0. The average Bonchev–Trinajstić information content (AvgIpc) is 2.63. The molecule has 2 rings (SSSR count). The van der Waals surface area contributed by atoms with E-state index in [1.165, 1.54) is 11.5 Å². The maximum atomic E-state index is 12.0. The van der Waals surface area contributed by atoms with Crippen molar-refractivity contribution in [1.29, 1.82) is 0 Å². The first-order valence-corrected chi connectivity index (χ1v) is 6.43. The van der Waals surface area contributed by atoms with Gasteiger partial charge in [-0.2, -0.15) is 4.37 Å². The van der Waals surface area contributed by atoms with E-state index in [4.69, 9.17) is 11.6 Å². The normalized spacial score (nSPS) is 16.4. The highest BCUT2D eigenvalue weighted by molar-refractivity contribution is 9.10. The van der Waals surface area contributed by atoms with Crippen molar-refractivity contribution in [1.82, 2.24) is 9.27 Å². The Balaban J connectivity index is 2.16. The largest absolute Gasteiger partial charge is 0.332 e. The summed E-state index contributed by atoms with van der Waals surface area (Å²) in [6.45, 7) is 1.20. The first-order chi connectivity index (χ1) is 7.18. The van der Waals surface area contributed by atoms with Crippen molar-refractivity contribution in [2.75, 3.05) is 13.1 Å². The minimum Gasteiger partial charge on any atom is -0.332 e. The molecule has 1 aromatic rings. The Kier molecular flexibility index (Phi) is 3.43. The fourth-order valence-electron chi connectivity index (χ4n) is 1.39. The topological polar surface area (TPSA) is 33.2 Å². The van der Waals surface area contributed by atoms with Gasteiger partial charge < -0.3 is 4.90 Å². The quantitative estimate of drug-likeness (QED) is 0.799. The molecule has 6 heteroatoms. The number of aromatic nitrogens is 1. The molecule has 0 radical (unpaired) electrons. The Morgan fingerprint density at radius 1 is 1.67 bits per heavy atom. The van der Waals surface area contributed by atoms with E-state index in [0.717, 1.165) is 15.9 Å². The van der Waals surface area contributed by atoms with E-state index in [-0.39, 0.29) is 5.91 Å². The van der Waals surface area contributed by atoms with Crippen molar-refractivity contribution in [2.45, 2.75) is 6.42 Å². The molecule has 0 atom stereocenters. The fourth-order valence-corrected chi connectivity index (χ4v) is 2.81. The SMILES string of the molecule is O=C(c1nscc1Br)N1CCC=C(Cl)C1. The second kappa shape index (κ2) is 4.63. The van der Waals surface area contributed by atoms with Crippen molar-refractivity contribution in [3.63, 3.8) is 0 Å². The van der Waals surface area contributed by atoms with Crippen LogP contribution in [0.3, 0.4) is 0 Å². The molecule has 1 aromatic heterocycles. The van der Waals surface area contributed by atoms with Gasteiger partial charge in [-0.05, 0) is 33.9 Å². The first-order valence-electron chi connectivity index (χ1n) is 4.42. The molecule has 80 valence electrons. The Labute approximate surface area is 105 Å². The van der Waals surface area contributed by atoms with Crippen molar-refractivity contribution in [3.05, 3.63) is 26.7 Å². The molecule has 3 nitrogen and oxygen atoms in total. The number of halogens is 2. The zero-order valence-corrected chi connectivity index (χ0v) is 10.9. The van der Waals surface area contributed by atoms with Crippen LogP contribution in [0.1, 0.15) is 16.9 Å². The van der Waals surface area contributed by atoms with Crippen molar-refractivity contribution >= 4 is 45.0 Å². The van der Waals surface area contributed by atoms with Gasteiger partial charge in [0.25, 0.3) is 5.91 Å². The fraction of sp³-hybridized carbons (Fsp3) is 0.333. The summed E-state index contributed by atoms with van der Waals surface area (Å²) in [5.74, 6) is -0.0608. The zero-order valence-electron chi connectivity index (χ0n) is 7.74. The Morgan fingerprint density at radius 3 is 3.07 bits per heavy atom. The van der Waals surface area contributed by atoms with Gasteiger partial charge in [-0.15, -0.1) is 0 Å². The van der Waals surface area contributed by atoms with Gasteiger partial charge in [0.05, 0.1) is 11.0 Å². The molecule has 0 fully saturated rings. The van der Waals surface area contributed by atoms with E-state index in [1.807, 2.05) is 6.08 Å². The molecule has 0 saturated carbocycles.